The van der Waals surface area contributed by atoms with Crippen LogP contribution in [0.2, 0.25) is 0 Å². The molecule has 0 spiro atoms. The average Bonchev–Trinajstić information content (AvgIpc) is 2.82. The van der Waals surface area contributed by atoms with E-state index in [0.717, 1.165) is 19.5 Å². The van der Waals surface area contributed by atoms with E-state index in [4.69, 9.17) is 22.3 Å². The number of rotatable bonds is 5. The minimum absolute atomic E-state index is 0.208. The maximum Gasteiger partial charge on any atom is 0.394 e. The lowest BCUT2D eigenvalue weighted by Crippen LogP contribution is -2.20. The van der Waals surface area contributed by atoms with E-state index in [2.05, 4.69) is 13.2 Å². The van der Waals surface area contributed by atoms with Crippen LogP contribution in [0.1, 0.15) is 19.8 Å². The Morgan fingerprint density at radius 1 is 1.42 bits per heavy atom. The zero-order valence-electron chi connectivity index (χ0n) is 14.3. The molecule has 1 fully saturated rings. The Bertz CT molecular complexity index is 521. The molecule has 1 aliphatic rings. The number of hydrogen-bond donors (Lipinski definition) is 2. The van der Waals surface area contributed by atoms with Gasteiger partial charge in [-0.3, -0.25) is 13.9 Å². The standard InChI is InChI=1S/C8H15NO2.C6H9NO.H2O4S/c1-7(2)8(10)11-6-5-9(3)4;1-2-7-5-3-4-6(7)8;1-5(2,3)4/h1,5-6H2,2-4H3;2H,1,3-5H2;(H2,1,2,3,4). The van der Waals surface area contributed by atoms with Gasteiger partial charge in [-0.25, -0.2) is 4.79 Å². The first-order valence-electron chi connectivity index (χ1n) is 6.97. The summed E-state index contributed by atoms with van der Waals surface area (Å²) in [4.78, 5) is 25.0. The zero-order chi connectivity index (χ0) is 19.3. The Labute approximate surface area is 143 Å². The van der Waals surface area contributed by atoms with Crippen LogP contribution < -0.4 is 0 Å². The number of ether oxygens (including phenoxy) is 1. The van der Waals surface area contributed by atoms with Gasteiger partial charge in [-0.2, -0.15) is 8.42 Å². The van der Waals surface area contributed by atoms with Crippen LogP contribution in [0.3, 0.4) is 0 Å². The van der Waals surface area contributed by atoms with Gasteiger partial charge in [0.2, 0.25) is 5.91 Å². The molecule has 140 valence electrons. The monoisotopic (exact) mass is 366 g/mol. The van der Waals surface area contributed by atoms with Crippen molar-refractivity contribution in [3.8, 4) is 0 Å². The summed E-state index contributed by atoms with van der Waals surface area (Å²) >= 11 is 0. The molecule has 1 aliphatic heterocycles. The molecule has 2 N–H and O–H groups in total. The molecule has 1 rings (SSSR count). The highest BCUT2D eigenvalue weighted by Crippen LogP contribution is 2.08. The van der Waals surface area contributed by atoms with Gasteiger partial charge in [0.15, 0.2) is 0 Å². The second-order valence-electron chi connectivity index (χ2n) is 5.04. The van der Waals surface area contributed by atoms with Crippen LogP contribution >= 0.6 is 0 Å². The lowest BCUT2D eigenvalue weighted by Gasteiger charge is -2.09. The smallest absolute Gasteiger partial charge is 0.394 e. The molecule has 0 aromatic carbocycles. The first-order chi connectivity index (χ1) is 10.9. The lowest BCUT2D eigenvalue weighted by atomic mass is 10.4. The van der Waals surface area contributed by atoms with Crippen molar-refractivity contribution in [2.45, 2.75) is 19.8 Å². The van der Waals surface area contributed by atoms with Crippen LogP contribution in [0.15, 0.2) is 24.9 Å². The van der Waals surface area contributed by atoms with Gasteiger partial charge >= 0.3 is 16.4 Å². The Kier molecular flexibility index (Phi) is 12.9. The highest BCUT2D eigenvalue weighted by atomic mass is 32.3. The number of likely N-dealkylation sites (tertiary alicyclic amines) is 1. The van der Waals surface area contributed by atoms with E-state index in [0.29, 0.717) is 18.6 Å². The Hall–Kier alpha value is -1.75. The summed E-state index contributed by atoms with van der Waals surface area (Å²) in [6.07, 6.45) is 3.28. The van der Waals surface area contributed by atoms with Crippen LogP contribution in [-0.4, -0.2) is 73.0 Å². The Balaban J connectivity index is 0. The lowest BCUT2D eigenvalue weighted by molar-refractivity contribution is -0.139. The third kappa shape index (κ3) is 18.3. The molecule has 0 aliphatic carbocycles. The quantitative estimate of drug-likeness (QED) is 0.415. The normalized spacial score (nSPS) is 13.4. The molecule has 10 heteroatoms. The molecule has 0 saturated carbocycles. The highest BCUT2D eigenvalue weighted by Gasteiger charge is 2.16. The molecule has 1 saturated heterocycles. The minimum Gasteiger partial charge on any atom is -0.461 e. The fourth-order valence-corrected chi connectivity index (χ4v) is 1.31. The van der Waals surface area contributed by atoms with Crippen molar-refractivity contribution in [1.29, 1.82) is 0 Å². The summed E-state index contributed by atoms with van der Waals surface area (Å²) in [5, 5.41) is 0. The van der Waals surface area contributed by atoms with Gasteiger partial charge in [-0.15, -0.1) is 0 Å². The minimum atomic E-state index is -4.67. The number of carbonyl (C=O) groups excluding carboxylic acids is 2. The summed E-state index contributed by atoms with van der Waals surface area (Å²) in [7, 11) is -0.816. The highest BCUT2D eigenvalue weighted by molar-refractivity contribution is 7.79. The first-order valence-corrected chi connectivity index (χ1v) is 8.37. The van der Waals surface area contributed by atoms with Crippen molar-refractivity contribution in [3.63, 3.8) is 0 Å². The van der Waals surface area contributed by atoms with Crippen LogP contribution in [-0.2, 0) is 24.7 Å². The molecule has 0 atom stereocenters. The zero-order valence-corrected chi connectivity index (χ0v) is 15.1. The first kappa shape index (κ1) is 24.5. The Morgan fingerprint density at radius 2 is 1.92 bits per heavy atom. The fourth-order valence-electron chi connectivity index (χ4n) is 1.31. The fraction of sp³-hybridized carbons (Fsp3) is 0.571. The number of hydrogen-bond acceptors (Lipinski definition) is 6. The topological polar surface area (TPSA) is 124 Å². The molecule has 0 unspecified atom stereocenters. The third-order valence-electron chi connectivity index (χ3n) is 2.45. The third-order valence-corrected chi connectivity index (χ3v) is 2.45. The molecule has 0 radical (unpaired) electrons. The molecule has 9 nitrogen and oxygen atoms in total. The summed E-state index contributed by atoms with van der Waals surface area (Å²) in [5.74, 6) is -0.105. The van der Waals surface area contributed by atoms with Gasteiger partial charge in [0.05, 0.1) is 0 Å². The second-order valence-corrected chi connectivity index (χ2v) is 5.94. The molecule has 24 heavy (non-hydrogen) atoms. The summed E-state index contributed by atoms with van der Waals surface area (Å²) < 4.78 is 36.4. The van der Waals surface area contributed by atoms with E-state index in [1.807, 2.05) is 19.0 Å². The van der Waals surface area contributed by atoms with Crippen molar-refractivity contribution < 1.29 is 31.8 Å². The molecular weight excluding hydrogens is 340 g/mol. The van der Waals surface area contributed by atoms with Crippen molar-refractivity contribution in [2.24, 2.45) is 0 Å². The molecule has 1 amide bonds. The van der Waals surface area contributed by atoms with Gasteiger partial charge < -0.3 is 14.5 Å². The van der Waals surface area contributed by atoms with Crippen molar-refractivity contribution in [2.75, 3.05) is 33.8 Å². The number of esters is 1. The van der Waals surface area contributed by atoms with E-state index in [1.165, 1.54) is 0 Å². The predicted molar refractivity (Wildman–Crippen MR) is 89.6 cm³/mol. The van der Waals surface area contributed by atoms with Crippen molar-refractivity contribution in [1.82, 2.24) is 9.80 Å². The molecular formula is C14H26N2O7S. The SMILES string of the molecule is C=C(C)C(=O)OCCN(C)C.C=CN1CCCC1=O.O=S(=O)(O)O. The van der Waals surface area contributed by atoms with E-state index < -0.39 is 10.4 Å². The van der Waals surface area contributed by atoms with E-state index in [9.17, 15) is 9.59 Å². The predicted octanol–water partition coefficient (Wildman–Crippen LogP) is 0.767. The van der Waals surface area contributed by atoms with Crippen molar-refractivity contribution >= 4 is 22.3 Å². The second kappa shape index (κ2) is 12.6. The van der Waals surface area contributed by atoms with E-state index in [-0.39, 0.29) is 11.9 Å². The van der Waals surface area contributed by atoms with Gasteiger partial charge in [0, 0.05) is 25.1 Å². The maximum absolute atomic E-state index is 10.8. The van der Waals surface area contributed by atoms with Crippen LogP contribution in [0.25, 0.3) is 0 Å². The van der Waals surface area contributed by atoms with Crippen LogP contribution in [0.4, 0.5) is 0 Å². The van der Waals surface area contributed by atoms with Gasteiger partial charge in [0.1, 0.15) is 6.61 Å². The molecule has 0 aromatic rings. The average molecular weight is 366 g/mol. The molecule has 1 heterocycles. The van der Waals surface area contributed by atoms with Gasteiger partial charge in [-0.1, -0.05) is 13.2 Å². The van der Waals surface area contributed by atoms with Crippen LogP contribution in [0, 0.1) is 0 Å². The number of nitrogens with zero attached hydrogens (tertiary/aromatic N) is 2. The Morgan fingerprint density at radius 3 is 2.17 bits per heavy atom. The van der Waals surface area contributed by atoms with Gasteiger partial charge in [-0.05, 0) is 33.6 Å². The summed E-state index contributed by atoms with van der Waals surface area (Å²) in [5.41, 5.74) is 0.448. The summed E-state index contributed by atoms with van der Waals surface area (Å²) in [6, 6.07) is 0. The van der Waals surface area contributed by atoms with Crippen LogP contribution in [0.5, 0.6) is 0 Å². The van der Waals surface area contributed by atoms with E-state index >= 15 is 0 Å². The number of amides is 1. The van der Waals surface area contributed by atoms with Gasteiger partial charge in [0.25, 0.3) is 0 Å². The number of carbonyl (C=O) groups is 2. The van der Waals surface area contributed by atoms with E-state index in [1.54, 1.807) is 18.0 Å². The maximum atomic E-state index is 10.8. The number of likely N-dealkylation sites (N-methyl/N-ethyl adjacent to an activating group) is 1. The molecule has 0 bridgehead atoms. The summed E-state index contributed by atoms with van der Waals surface area (Å²) in [6.45, 7) is 10.6. The van der Waals surface area contributed by atoms with Crippen molar-refractivity contribution in [3.05, 3.63) is 24.9 Å². The largest absolute Gasteiger partial charge is 0.461 e. The molecule has 0 aromatic heterocycles.